The zero-order chi connectivity index (χ0) is 25.1. The van der Waals surface area contributed by atoms with Gasteiger partial charge in [-0.15, -0.1) is 0 Å². The van der Waals surface area contributed by atoms with Gasteiger partial charge in [-0.25, -0.2) is 4.39 Å². The Kier molecular flexibility index (Phi) is 7.11. The van der Waals surface area contributed by atoms with E-state index in [9.17, 15) is 29.0 Å². The lowest BCUT2D eigenvalue weighted by Crippen LogP contribution is -2.38. The van der Waals surface area contributed by atoms with Gasteiger partial charge in [0.25, 0.3) is 11.5 Å². The van der Waals surface area contributed by atoms with Crippen molar-refractivity contribution in [3.63, 3.8) is 0 Å². The molecule has 2 aromatic heterocycles. The van der Waals surface area contributed by atoms with E-state index in [-0.39, 0.29) is 36.9 Å². The molecular formula is C25H27FN4O5. The molecule has 4 rings (SSSR count). The number of fused-ring (bicyclic) bond motifs is 1. The number of aliphatic hydroxyl groups is 1. The van der Waals surface area contributed by atoms with Gasteiger partial charge in [0.15, 0.2) is 5.75 Å². The quantitative estimate of drug-likeness (QED) is 0.448. The van der Waals surface area contributed by atoms with Crippen LogP contribution in [0.25, 0.3) is 11.0 Å². The van der Waals surface area contributed by atoms with Gasteiger partial charge < -0.3 is 25.0 Å². The number of aromatic hydroxyl groups is 1. The van der Waals surface area contributed by atoms with Crippen LogP contribution in [0.1, 0.15) is 41.3 Å². The van der Waals surface area contributed by atoms with E-state index in [2.05, 4.69) is 10.3 Å². The van der Waals surface area contributed by atoms with Crippen LogP contribution in [-0.4, -0.2) is 62.2 Å². The van der Waals surface area contributed by atoms with Gasteiger partial charge in [-0.1, -0.05) is 12.1 Å². The van der Waals surface area contributed by atoms with Crippen molar-refractivity contribution in [1.82, 2.24) is 19.8 Å². The van der Waals surface area contributed by atoms with E-state index in [4.69, 9.17) is 0 Å². The molecule has 3 N–H and O–H groups in total. The Morgan fingerprint density at radius 1 is 1.20 bits per heavy atom. The van der Waals surface area contributed by atoms with E-state index in [1.807, 2.05) is 0 Å². The minimum atomic E-state index is -0.836. The van der Waals surface area contributed by atoms with Crippen LogP contribution in [0.15, 0.2) is 41.3 Å². The number of nitrogens with zero attached hydrogens (tertiary/aromatic N) is 3. The highest BCUT2D eigenvalue weighted by molar-refractivity contribution is 6.01. The Morgan fingerprint density at radius 2 is 1.94 bits per heavy atom. The standard InChI is InChI=1S/C25H27FN4O5/c1-15(31)13-28-24(34)21-23(33)22-19(30(25(21)35)10-9-29-8-2-3-20(29)32)12-17(14-27-22)11-16-4-6-18(26)7-5-16/h4-7,12,14-15,31,33H,2-3,8-11,13H2,1H3,(H,28,34)/t15-/m0/s1. The monoisotopic (exact) mass is 482 g/mol. The largest absolute Gasteiger partial charge is 0.505 e. The van der Waals surface area contributed by atoms with Crippen molar-refractivity contribution in [3.05, 3.63) is 69.4 Å². The molecular weight excluding hydrogens is 455 g/mol. The molecule has 1 aromatic carbocycles. The molecule has 184 valence electrons. The molecule has 1 aliphatic rings. The Bertz CT molecular complexity index is 1320. The molecule has 1 aliphatic heterocycles. The van der Waals surface area contributed by atoms with E-state index in [0.717, 1.165) is 17.5 Å². The third-order valence-electron chi connectivity index (χ3n) is 6.01. The number of hydrogen-bond acceptors (Lipinski definition) is 6. The van der Waals surface area contributed by atoms with Crippen LogP contribution in [0, 0.1) is 5.82 Å². The van der Waals surface area contributed by atoms with Crippen LogP contribution < -0.4 is 10.9 Å². The maximum Gasteiger partial charge on any atom is 0.267 e. The van der Waals surface area contributed by atoms with Gasteiger partial charge in [-0.05, 0) is 49.1 Å². The molecule has 0 spiro atoms. The fraction of sp³-hybridized carbons (Fsp3) is 0.360. The lowest BCUT2D eigenvalue weighted by atomic mass is 10.1. The van der Waals surface area contributed by atoms with Crippen LogP contribution in [0.4, 0.5) is 4.39 Å². The number of rotatable bonds is 8. The Labute approximate surface area is 200 Å². The van der Waals surface area contributed by atoms with E-state index in [1.165, 1.54) is 29.8 Å². The highest BCUT2D eigenvalue weighted by Crippen LogP contribution is 2.26. The van der Waals surface area contributed by atoms with Crippen LogP contribution in [0.2, 0.25) is 0 Å². The summed E-state index contributed by atoms with van der Waals surface area (Å²) in [6.07, 6.45) is 2.32. The summed E-state index contributed by atoms with van der Waals surface area (Å²) in [5, 5.41) is 22.7. The van der Waals surface area contributed by atoms with Crippen molar-refractivity contribution in [2.45, 2.75) is 38.8 Å². The predicted octanol–water partition coefficient (Wildman–Crippen LogP) is 1.57. The summed E-state index contributed by atoms with van der Waals surface area (Å²) in [5.74, 6) is -1.71. The number of pyridine rings is 2. The van der Waals surface area contributed by atoms with Gasteiger partial charge in [0.2, 0.25) is 5.91 Å². The number of hydrogen-bond donors (Lipinski definition) is 3. The summed E-state index contributed by atoms with van der Waals surface area (Å²) >= 11 is 0. The molecule has 2 amide bonds. The number of benzene rings is 1. The highest BCUT2D eigenvalue weighted by atomic mass is 19.1. The number of carbonyl (C=O) groups is 2. The fourth-order valence-corrected chi connectivity index (χ4v) is 4.20. The number of halogens is 1. The Balaban J connectivity index is 1.77. The number of amides is 2. The first-order valence-electron chi connectivity index (χ1n) is 11.5. The number of aliphatic hydroxyl groups excluding tert-OH is 1. The zero-order valence-electron chi connectivity index (χ0n) is 19.3. The molecule has 0 bridgehead atoms. The first-order valence-corrected chi connectivity index (χ1v) is 11.5. The molecule has 1 fully saturated rings. The molecule has 35 heavy (non-hydrogen) atoms. The first-order chi connectivity index (χ1) is 16.7. The van der Waals surface area contributed by atoms with Gasteiger partial charge in [0, 0.05) is 38.8 Å². The molecule has 9 nitrogen and oxygen atoms in total. The van der Waals surface area contributed by atoms with E-state index in [0.29, 0.717) is 24.9 Å². The molecule has 0 radical (unpaired) electrons. The van der Waals surface area contributed by atoms with Crippen molar-refractivity contribution < 1.29 is 24.2 Å². The van der Waals surface area contributed by atoms with Crippen LogP contribution in [-0.2, 0) is 17.8 Å². The molecule has 1 saturated heterocycles. The molecule has 3 heterocycles. The maximum atomic E-state index is 13.4. The van der Waals surface area contributed by atoms with Gasteiger partial charge in [-0.2, -0.15) is 0 Å². The molecule has 0 saturated carbocycles. The minimum Gasteiger partial charge on any atom is -0.505 e. The third-order valence-corrected chi connectivity index (χ3v) is 6.01. The van der Waals surface area contributed by atoms with E-state index in [1.54, 1.807) is 23.1 Å². The normalized spacial score (nSPS) is 14.5. The van der Waals surface area contributed by atoms with Gasteiger partial charge in [0.05, 0.1) is 11.6 Å². The minimum absolute atomic E-state index is 0.00570. The van der Waals surface area contributed by atoms with Gasteiger partial charge in [0.1, 0.15) is 16.9 Å². The average Bonchev–Trinajstić information content (AvgIpc) is 3.23. The summed E-state index contributed by atoms with van der Waals surface area (Å²) in [5.41, 5.74) is 0.769. The van der Waals surface area contributed by atoms with Crippen molar-refractivity contribution in [3.8, 4) is 5.75 Å². The molecule has 0 aliphatic carbocycles. The third kappa shape index (κ3) is 5.32. The molecule has 0 unspecified atom stereocenters. The second-order valence-electron chi connectivity index (χ2n) is 8.74. The number of carbonyl (C=O) groups excluding carboxylic acids is 2. The summed E-state index contributed by atoms with van der Waals surface area (Å²) in [6.45, 7) is 2.37. The number of likely N-dealkylation sites (tertiary alicyclic amines) is 1. The van der Waals surface area contributed by atoms with Gasteiger partial charge >= 0.3 is 0 Å². The van der Waals surface area contributed by atoms with Crippen molar-refractivity contribution in [2.24, 2.45) is 0 Å². The summed E-state index contributed by atoms with van der Waals surface area (Å²) in [4.78, 5) is 44.2. The lowest BCUT2D eigenvalue weighted by molar-refractivity contribution is -0.127. The average molecular weight is 483 g/mol. The molecule has 10 heteroatoms. The van der Waals surface area contributed by atoms with E-state index >= 15 is 0 Å². The highest BCUT2D eigenvalue weighted by Gasteiger charge is 2.25. The van der Waals surface area contributed by atoms with Crippen LogP contribution in [0.5, 0.6) is 5.75 Å². The smallest absolute Gasteiger partial charge is 0.267 e. The van der Waals surface area contributed by atoms with Crippen molar-refractivity contribution >= 4 is 22.8 Å². The van der Waals surface area contributed by atoms with Crippen molar-refractivity contribution in [1.29, 1.82) is 0 Å². The van der Waals surface area contributed by atoms with E-state index < -0.39 is 28.9 Å². The second kappa shape index (κ2) is 10.2. The fourth-order valence-electron chi connectivity index (χ4n) is 4.20. The zero-order valence-corrected chi connectivity index (χ0v) is 19.3. The topological polar surface area (TPSA) is 125 Å². The summed E-state index contributed by atoms with van der Waals surface area (Å²) in [6, 6.07) is 7.72. The van der Waals surface area contributed by atoms with Gasteiger partial charge in [-0.3, -0.25) is 19.4 Å². The number of nitrogens with one attached hydrogen (secondary N) is 1. The first kappa shape index (κ1) is 24.3. The predicted molar refractivity (Wildman–Crippen MR) is 127 cm³/mol. The SMILES string of the molecule is C[C@H](O)CNC(=O)c1c(O)c2ncc(Cc3ccc(F)cc3)cc2n(CCN2CCCC2=O)c1=O. The van der Waals surface area contributed by atoms with Crippen LogP contribution in [0.3, 0.4) is 0 Å². The summed E-state index contributed by atoms with van der Waals surface area (Å²) in [7, 11) is 0. The van der Waals surface area contributed by atoms with Crippen molar-refractivity contribution in [2.75, 3.05) is 19.6 Å². The Hall–Kier alpha value is -3.79. The van der Waals surface area contributed by atoms with Crippen LogP contribution >= 0.6 is 0 Å². The Morgan fingerprint density at radius 3 is 2.60 bits per heavy atom. The molecule has 1 atom stereocenters. The molecule has 3 aromatic rings. The maximum absolute atomic E-state index is 13.4. The summed E-state index contributed by atoms with van der Waals surface area (Å²) < 4.78 is 14.6. The second-order valence-corrected chi connectivity index (χ2v) is 8.74. The lowest BCUT2D eigenvalue weighted by Gasteiger charge is -2.19. The number of aromatic nitrogens is 2.